The van der Waals surface area contributed by atoms with Gasteiger partial charge in [-0.15, -0.1) is 0 Å². The van der Waals surface area contributed by atoms with Gasteiger partial charge in [0.1, 0.15) is 0 Å². The van der Waals surface area contributed by atoms with E-state index in [1.54, 1.807) is 6.92 Å². The summed E-state index contributed by atoms with van der Waals surface area (Å²) >= 11 is 0. The van der Waals surface area contributed by atoms with Crippen molar-refractivity contribution in [2.24, 2.45) is 17.3 Å². The predicted octanol–water partition coefficient (Wildman–Crippen LogP) is 2.14. The van der Waals surface area contributed by atoms with Gasteiger partial charge in [0.15, 0.2) is 0 Å². The molecule has 0 bridgehead atoms. The number of alkyl halides is 3. The van der Waals surface area contributed by atoms with Crippen LogP contribution in [-0.2, 0) is 9.59 Å². The fourth-order valence-corrected chi connectivity index (χ4v) is 2.08. The van der Waals surface area contributed by atoms with Crippen LogP contribution in [0.4, 0.5) is 13.2 Å². The van der Waals surface area contributed by atoms with Crippen LogP contribution in [0.5, 0.6) is 0 Å². The Balaban J connectivity index is 2.69. The van der Waals surface area contributed by atoms with Crippen LogP contribution in [0.15, 0.2) is 0 Å². The van der Waals surface area contributed by atoms with Gasteiger partial charge in [-0.25, -0.2) is 0 Å². The van der Waals surface area contributed by atoms with Crippen LogP contribution in [-0.4, -0.2) is 41.1 Å². The monoisotopic (exact) mass is 281 g/mol. The van der Waals surface area contributed by atoms with E-state index in [1.165, 1.54) is 4.90 Å². The molecule has 0 spiro atoms. The van der Waals surface area contributed by atoms with Gasteiger partial charge in [0.25, 0.3) is 0 Å². The second-order valence-corrected chi connectivity index (χ2v) is 5.78. The van der Waals surface area contributed by atoms with Crippen molar-refractivity contribution in [3.05, 3.63) is 0 Å². The van der Waals surface area contributed by atoms with E-state index in [4.69, 9.17) is 5.11 Å². The molecule has 0 unspecified atom stereocenters. The molecule has 110 valence electrons. The molecule has 0 saturated carbocycles. The topological polar surface area (TPSA) is 57.6 Å². The molecular weight excluding hydrogens is 263 g/mol. The number of carboxylic acids is 1. The van der Waals surface area contributed by atoms with E-state index in [-0.39, 0.29) is 19.0 Å². The first kappa shape index (κ1) is 15.8. The van der Waals surface area contributed by atoms with Gasteiger partial charge in [-0.05, 0) is 5.92 Å². The summed E-state index contributed by atoms with van der Waals surface area (Å²) in [6, 6.07) is 0. The van der Waals surface area contributed by atoms with E-state index in [1.807, 2.05) is 0 Å². The second kappa shape index (κ2) is 5.02. The third kappa shape index (κ3) is 3.39. The van der Waals surface area contributed by atoms with Gasteiger partial charge in [0, 0.05) is 19.5 Å². The number of halogens is 3. The number of amides is 1. The first-order chi connectivity index (χ1) is 8.45. The maximum Gasteiger partial charge on any atom is 0.394 e. The zero-order chi connectivity index (χ0) is 15.0. The molecule has 2 atom stereocenters. The molecule has 1 amide bonds. The number of rotatable bonds is 3. The summed E-state index contributed by atoms with van der Waals surface area (Å²) in [6.07, 6.45) is -5.12. The molecule has 1 N–H and O–H groups in total. The highest BCUT2D eigenvalue weighted by atomic mass is 19.4. The van der Waals surface area contributed by atoms with Crippen molar-refractivity contribution in [1.29, 1.82) is 0 Å². The number of carboxylic acid groups (broad SMARTS) is 1. The summed E-state index contributed by atoms with van der Waals surface area (Å²) in [6.45, 7) is 3.81. The first-order valence-corrected chi connectivity index (χ1v) is 6.03. The van der Waals surface area contributed by atoms with E-state index in [0.717, 1.165) is 13.8 Å². The zero-order valence-corrected chi connectivity index (χ0v) is 11.1. The van der Waals surface area contributed by atoms with Crippen LogP contribution in [0.25, 0.3) is 0 Å². The number of hydrogen-bond acceptors (Lipinski definition) is 2. The number of carbonyl (C=O) groups excluding carboxylic acids is 1. The lowest BCUT2D eigenvalue weighted by Gasteiger charge is -2.29. The lowest BCUT2D eigenvalue weighted by atomic mass is 9.88. The average molecular weight is 281 g/mol. The van der Waals surface area contributed by atoms with Crippen LogP contribution in [0.2, 0.25) is 0 Å². The molecule has 1 aliphatic heterocycles. The molecule has 0 aliphatic carbocycles. The lowest BCUT2D eigenvalue weighted by Crippen LogP contribution is -2.39. The van der Waals surface area contributed by atoms with Crippen molar-refractivity contribution in [3.8, 4) is 0 Å². The Morgan fingerprint density at radius 3 is 2.16 bits per heavy atom. The van der Waals surface area contributed by atoms with Crippen molar-refractivity contribution in [2.45, 2.75) is 33.4 Å². The maximum atomic E-state index is 12.7. The third-order valence-corrected chi connectivity index (χ3v) is 3.64. The highest BCUT2D eigenvalue weighted by molar-refractivity contribution is 5.79. The van der Waals surface area contributed by atoms with E-state index in [0.29, 0.717) is 0 Å². The second-order valence-electron chi connectivity index (χ2n) is 5.78. The maximum absolute atomic E-state index is 12.7. The summed E-state index contributed by atoms with van der Waals surface area (Å²) in [5, 5.41) is 8.93. The summed E-state index contributed by atoms with van der Waals surface area (Å²) in [4.78, 5) is 24.0. The van der Waals surface area contributed by atoms with Crippen molar-refractivity contribution < 1.29 is 27.9 Å². The molecule has 0 radical (unpaired) electrons. The Bertz CT molecular complexity index is 379. The van der Waals surface area contributed by atoms with Crippen molar-refractivity contribution in [3.63, 3.8) is 0 Å². The van der Waals surface area contributed by atoms with Gasteiger partial charge in [-0.3, -0.25) is 9.59 Å². The van der Waals surface area contributed by atoms with Gasteiger partial charge in [0.2, 0.25) is 5.91 Å². The number of carbonyl (C=O) groups is 2. The van der Waals surface area contributed by atoms with Crippen LogP contribution in [0.3, 0.4) is 0 Å². The number of nitrogens with zero attached hydrogens (tertiary/aromatic N) is 1. The molecule has 1 rings (SSSR count). The smallest absolute Gasteiger partial charge is 0.394 e. The van der Waals surface area contributed by atoms with Crippen LogP contribution < -0.4 is 0 Å². The minimum Gasteiger partial charge on any atom is -0.481 e. The number of hydrogen-bond donors (Lipinski definition) is 1. The molecule has 0 aromatic rings. The fourth-order valence-electron chi connectivity index (χ4n) is 2.08. The van der Waals surface area contributed by atoms with E-state index in [9.17, 15) is 22.8 Å². The first-order valence-electron chi connectivity index (χ1n) is 6.03. The average Bonchev–Trinajstić information content (AvgIpc) is 2.57. The zero-order valence-electron chi connectivity index (χ0n) is 11.1. The van der Waals surface area contributed by atoms with E-state index in [2.05, 4.69) is 0 Å². The number of aliphatic carboxylic acids is 1. The Morgan fingerprint density at radius 2 is 1.79 bits per heavy atom. The van der Waals surface area contributed by atoms with E-state index >= 15 is 0 Å². The summed E-state index contributed by atoms with van der Waals surface area (Å²) in [5.74, 6) is -2.59. The van der Waals surface area contributed by atoms with Crippen LogP contribution >= 0.6 is 0 Å². The molecule has 19 heavy (non-hydrogen) atoms. The molecule has 1 heterocycles. The molecule has 1 saturated heterocycles. The SMILES string of the molecule is C[C@@H]1CN(C(=O)CC(C)(C)C(F)(F)F)C[C@H]1C(=O)O. The standard InChI is InChI=1S/C12H18F3NO3/c1-7-5-16(6-8(7)10(18)19)9(17)4-11(2,3)12(13,14)15/h7-8H,4-6H2,1-3H3,(H,18,19)/t7-,8-/m1/s1. The van der Waals surface area contributed by atoms with Crippen LogP contribution in [0, 0.1) is 17.3 Å². The van der Waals surface area contributed by atoms with Gasteiger partial charge in [0.05, 0.1) is 11.3 Å². The van der Waals surface area contributed by atoms with Crippen LogP contribution in [0.1, 0.15) is 27.2 Å². The third-order valence-electron chi connectivity index (χ3n) is 3.64. The molecule has 1 aliphatic rings. The molecular formula is C12H18F3NO3. The largest absolute Gasteiger partial charge is 0.481 e. The number of likely N-dealkylation sites (tertiary alicyclic amines) is 1. The van der Waals surface area contributed by atoms with Gasteiger partial charge >= 0.3 is 12.1 Å². The summed E-state index contributed by atoms with van der Waals surface area (Å²) in [7, 11) is 0. The van der Waals surface area contributed by atoms with Gasteiger partial charge in [-0.2, -0.15) is 13.2 Å². The Kier molecular flexibility index (Phi) is 4.17. The quantitative estimate of drug-likeness (QED) is 0.862. The Morgan fingerprint density at radius 1 is 1.26 bits per heavy atom. The minimum absolute atomic E-state index is 0.0106. The molecule has 0 aromatic heterocycles. The van der Waals surface area contributed by atoms with Gasteiger partial charge in [-0.1, -0.05) is 20.8 Å². The fraction of sp³-hybridized carbons (Fsp3) is 0.833. The molecule has 7 heteroatoms. The van der Waals surface area contributed by atoms with Crippen molar-refractivity contribution in [2.75, 3.05) is 13.1 Å². The minimum atomic E-state index is -4.46. The molecule has 1 fully saturated rings. The van der Waals surface area contributed by atoms with Crippen molar-refractivity contribution >= 4 is 11.9 Å². The predicted molar refractivity (Wildman–Crippen MR) is 61.3 cm³/mol. The normalized spacial score (nSPS) is 24.6. The van der Waals surface area contributed by atoms with Crippen molar-refractivity contribution in [1.82, 2.24) is 4.90 Å². The van der Waals surface area contributed by atoms with E-state index < -0.39 is 35.8 Å². The summed E-state index contributed by atoms with van der Waals surface area (Å²) in [5.41, 5.74) is -2.10. The Labute approximate surface area is 109 Å². The highest BCUT2D eigenvalue weighted by Gasteiger charge is 2.49. The Hall–Kier alpha value is -1.27. The van der Waals surface area contributed by atoms with Gasteiger partial charge < -0.3 is 10.0 Å². The molecule has 0 aromatic carbocycles. The molecule has 4 nitrogen and oxygen atoms in total. The summed E-state index contributed by atoms with van der Waals surface area (Å²) < 4.78 is 38.1. The lowest BCUT2D eigenvalue weighted by molar-refractivity contribution is -0.215. The highest BCUT2D eigenvalue weighted by Crippen LogP contribution is 2.41.